The summed E-state index contributed by atoms with van der Waals surface area (Å²) in [5.41, 5.74) is 3.10. The summed E-state index contributed by atoms with van der Waals surface area (Å²) in [6.07, 6.45) is 0.555. The lowest BCUT2D eigenvalue weighted by molar-refractivity contribution is 0.319. The molecule has 0 atom stereocenters. The van der Waals surface area contributed by atoms with E-state index in [1.165, 1.54) is 0 Å². The number of aryl methyl sites for hydroxylation is 1. The summed E-state index contributed by atoms with van der Waals surface area (Å²) in [5, 5.41) is 17.4. The summed E-state index contributed by atoms with van der Waals surface area (Å²) < 4.78 is 7.45. The van der Waals surface area contributed by atoms with Crippen LogP contribution in [0.2, 0.25) is 0 Å². The zero-order chi connectivity index (χ0) is 16.1. The molecular formula is C18H16N4O. The predicted octanol–water partition coefficient (Wildman–Crippen LogP) is 3.07. The molecule has 0 aliphatic rings. The molecule has 0 unspecified atom stereocenters. The summed E-state index contributed by atoms with van der Waals surface area (Å²) >= 11 is 0. The molecule has 5 heteroatoms. The predicted molar refractivity (Wildman–Crippen MR) is 86.5 cm³/mol. The second kappa shape index (κ2) is 6.75. The molecule has 0 aliphatic carbocycles. The molecule has 0 aliphatic heterocycles. The van der Waals surface area contributed by atoms with Crippen LogP contribution in [0, 0.1) is 18.3 Å². The van der Waals surface area contributed by atoms with Crippen LogP contribution in [0.5, 0.6) is 5.75 Å². The van der Waals surface area contributed by atoms with Crippen molar-refractivity contribution >= 4 is 0 Å². The van der Waals surface area contributed by atoms with Crippen LogP contribution in [0.15, 0.2) is 54.6 Å². The molecule has 0 bridgehead atoms. The van der Waals surface area contributed by atoms with Crippen LogP contribution in [0.3, 0.4) is 0 Å². The molecule has 0 amide bonds. The number of para-hydroxylation sites is 2. The Hall–Kier alpha value is -3.13. The van der Waals surface area contributed by atoms with Crippen LogP contribution in [0.25, 0.3) is 5.69 Å². The monoisotopic (exact) mass is 304 g/mol. The minimum absolute atomic E-state index is 0.338. The molecule has 23 heavy (non-hydrogen) atoms. The van der Waals surface area contributed by atoms with Crippen LogP contribution >= 0.6 is 0 Å². The largest absolute Gasteiger partial charge is 0.493 e. The second-order valence-corrected chi connectivity index (χ2v) is 5.11. The molecule has 2 aromatic carbocycles. The molecule has 1 aromatic heterocycles. The van der Waals surface area contributed by atoms with E-state index < -0.39 is 0 Å². The molecule has 0 saturated heterocycles. The third-order valence-corrected chi connectivity index (χ3v) is 3.56. The van der Waals surface area contributed by atoms with E-state index in [-0.39, 0.29) is 0 Å². The third-order valence-electron chi connectivity index (χ3n) is 3.56. The highest BCUT2D eigenvalue weighted by molar-refractivity contribution is 5.42. The number of hydrogen-bond donors (Lipinski definition) is 0. The molecule has 1 heterocycles. The molecule has 0 radical (unpaired) electrons. The van der Waals surface area contributed by atoms with Gasteiger partial charge in [-0.15, -0.1) is 5.10 Å². The second-order valence-electron chi connectivity index (χ2n) is 5.11. The van der Waals surface area contributed by atoms with Gasteiger partial charge in [0, 0.05) is 6.42 Å². The Kier molecular flexibility index (Phi) is 4.34. The summed E-state index contributed by atoms with van der Waals surface area (Å²) in [4.78, 5) is 0. The van der Waals surface area contributed by atoms with Crippen molar-refractivity contribution in [1.82, 2.24) is 15.0 Å². The van der Waals surface area contributed by atoms with Crippen LogP contribution in [-0.2, 0) is 6.42 Å². The number of ether oxygens (including phenoxy) is 1. The van der Waals surface area contributed by atoms with Crippen molar-refractivity contribution in [2.75, 3.05) is 6.61 Å². The molecule has 3 rings (SSSR count). The smallest absolute Gasteiger partial charge is 0.186 e. The lowest BCUT2D eigenvalue weighted by Gasteiger charge is -2.10. The van der Waals surface area contributed by atoms with Crippen molar-refractivity contribution in [3.05, 3.63) is 71.5 Å². The van der Waals surface area contributed by atoms with Gasteiger partial charge in [0.05, 0.1) is 18.0 Å². The maximum atomic E-state index is 9.26. The standard InChI is InChI=1S/C18H16N4O/c1-14-7-5-6-10-17(14)22-18(16(13-19)20-21-22)11-12-23-15-8-3-2-4-9-15/h2-10H,11-12H2,1H3. The fraction of sp³-hybridized carbons (Fsp3) is 0.167. The first-order chi connectivity index (χ1) is 11.3. The molecule has 0 N–H and O–H groups in total. The highest BCUT2D eigenvalue weighted by atomic mass is 16.5. The first-order valence-corrected chi connectivity index (χ1v) is 7.38. The minimum Gasteiger partial charge on any atom is -0.493 e. The fourth-order valence-corrected chi connectivity index (χ4v) is 2.39. The van der Waals surface area contributed by atoms with Crippen molar-refractivity contribution in [1.29, 1.82) is 5.26 Å². The number of nitriles is 1. The Morgan fingerprint density at radius 1 is 1.09 bits per heavy atom. The molecule has 5 nitrogen and oxygen atoms in total. The van der Waals surface area contributed by atoms with Gasteiger partial charge in [0.25, 0.3) is 0 Å². The lowest BCUT2D eigenvalue weighted by atomic mass is 10.2. The van der Waals surface area contributed by atoms with E-state index in [2.05, 4.69) is 16.4 Å². The highest BCUT2D eigenvalue weighted by Gasteiger charge is 2.15. The Morgan fingerprint density at radius 3 is 2.57 bits per heavy atom. The first-order valence-electron chi connectivity index (χ1n) is 7.38. The van der Waals surface area contributed by atoms with Crippen LogP contribution in [0.1, 0.15) is 17.0 Å². The molecule has 0 saturated carbocycles. The van der Waals surface area contributed by atoms with Crippen molar-refractivity contribution < 1.29 is 4.74 Å². The van der Waals surface area contributed by atoms with Crippen LogP contribution in [0.4, 0.5) is 0 Å². The van der Waals surface area contributed by atoms with E-state index in [1.807, 2.05) is 61.5 Å². The lowest BCUT2D eigenvalue weighted by Crippen LogP contribution is -2.09. The van der Waals surface area contributed by atoms with Gasteiger partial charge in [-0.3, -0.25) is 0 Å². The SMILES string of the molecule is Cc1ccccc1-n1nnc(C#N)c1CCOc1ccccc1. The quantitative estimate of drug-likeness (QED) is 0.726. The van der Waals surface area contributed by atoms with Gasteiger partial charge < -0.3 is 4.74 Å². The van der Waals surface area contributed by atoms with Gasteiger partial charge in [-0.1, -0.05) is 41.6 Å². The first kappa shape index (κ1) is 14.8. The summed E-state index contributed by atoms with van der Waals surface area (Å²) in [5.74, 6) is 0.806. The number of aromatic nitrogens is 3. The van der Waals surface area contributed by atoms with E-state index in [1.54, 1.807) is 4.68 Å². The Bertz CT molecular complexity index is 834. The number of hydrogen-bond acceptors (Lipinski definition) is 4. The van der Waals surface area contributed by atoms with E-state index in [0.717, 1.165) is 22.7 Å². The van der Waals surface area contributed by atoms with E-state index in [0.29, 0.717) is 18.7 Å². The van der Waals surface area contributed by atoms with Gasteiger partial charge in [-0.25, -0.2) is 4.68 Å². The van der Waals surface area contributed by atoms with Crippen molar-refractivity contribution in [3.8, 4) is 17.5 Å². The number of nitrogens with zero attached hydrogens (tertiary/aromatic N) is 4. The molecular weight excluding hydrogens is 288 g/mol. The topological polar surface area (TPSA) is 63.7 Å². The molecule has 3 aromatic rings. The zero-order valence-electron chi connectivity index (χ0n) is 12.8. The normalized spacial score (nSPS) is 10.3. The Morgan fingerprint density at radius 2 is 1.83 bits per heavy atom. The van der Waals surface area contributed by atoms with E-state index in [9.17, 15) is 5.26 Å². The minimum atomic E-state index is 0.338. The Labute approximate surface area is 134 Å². The van der Waals surface area contributed by atoms with Gasteiger partial charge in [0.2, 0.25) is 0 Å². The fourth-order valence-electron chi connectivity index (χ4n) is 2.39. The van der Waals surface area contributed by atoms with Gasteiger partial charge in [-0.05, 0) is 30.7 Å². The summed E-state index contributed by atoms with van der Waals surface area (Å²) in [6.45, 7) is 2.46. The summed E-state index contributed by atoms with van der Waals surface area (Å²) in [6, 6.07) is 19.6. The van der Waals surface area contributed by atoms with Crippen molar-refractivity contribution in [2.45, 2.75) is 13.3 Å². The number of rotatable bonds is 5. The van der Waals surface area contributed by atoms with E-state index >= 15 is 0 Å². The van der Waals surface area contributed by atoms with Crippen molar-refractivity contribution in [3.63, 3.8) is 0 Å². The van der Waals surface area contributed by atoms with Crippen molar-refractivity contribution in [2.24, 2.45) is 0 Å². The van der Waals surface area contributed by atoms with Gasteiger partial charge in [0.15, 0.2) is 5.69 Å². The average molecular weight is 304 g/mol. The maximum absolute atomic E-state index is 9.26. The molecule has 0 fully saturated rings. The molecule has 0 spiro atoms. The van der Waals surface area contributed by atoms with Crippen LogP contribution < -0.4 is 4.74 Å². The molecule has 114 valence electrons. The van der Waals surface area contributed by atoms with Gasteiger partial charge in [-0.2, -0.15) is 5.26 Å². The third kappa shape index (κ3) is 3.22. The summed E-state index contributed by atoms with van der Waals surface area (Å²) in [7, 11) is 0. The van der Waals surface area contributed by atoms with Gasteiger partial charge in [0.1, 0.15) is 11.8 Å². The van der Waals surface area contributed by atoms with Crippen LogP contribution in [-0.4, -0.2) is 21.6 Å². The van der Waals surface area contributed by atoms with E-state index in [4.69, 9.17) is 4.74 Å². The Balaban J connectivity index is 1.82. The average Bonchev–Trinajstić information content (AvgIpc) is 2.99. The zero-order valence-corrected chi connectivity index (χ0v) is 12.8. The maximum Gasteiger partial charge on any atom is 0.186 e. The number of benzene rings is 2. The van der Waals surface area contributed by atoms with Gasteiger partial charge >= 0.3 is 0 Å². The highest BCUT2D eigenvalue weighted by Crippen LogP contribution is 2.17.